The van der Waals surface area contributed by atoms with E-state index in [1.807, 2.05) is 13.8 Å². The van der Waals surface area contributed by atoms with Gasteiger partial charge in [-0.15, -0.1) is 0 Å². The van der Waals surface area contributed by atoms with Gasteiger partial charge in [-0.2, -0.15) is 13.2 Å². The van der Waals surface area contributed by atoms with Gasteiger partial charge < -0.3 is 10.6 Å². The molecule has 1 aromatic rings. The lowest BCUT2D eigenvalue weighted by Crippen LogP contribution is -2.44. The van der Waals surface area contributed by atoms with Crippen molar-refractivity contribution in [3.05, 3.63) is 35.4 Å². The van der Waals surface area contributed by atoms with Crippen molar-refractivity contribution in [2.24, 2.45) is 5.92 Å². The minimum Gasteiger partial charge on any atom is -0.356 e. The fourth-order valence-electron chi connectivity index (χ4n) is 2.67. The maximum Gasteiger partial charge on any atom is 0.416 e. The Labute approximate surface area is 138 Å². The lowest BCUT2D eigenvalue weighted by Gasteiger charge is -2.28. The van der Waals surface area contributed by atoms with Crippen LogP contribution in [-0.4, -0.2) is 24.9 Å². The van der Waals surface area contributed by atoms with Gasteiger partial charge in [0.05, 0.1) is 5.56 Å². The summed E-state index contributed by atoms with van der Waals surface area (Å²) >= 11 is 0. The first-order chi connectivity index (χ1) is 11.1. The molecule has 1 aliphatic rings. The van der Waals surface area contributed by atoms with Crippen molar-refractivity contribution in [2.75, 3.05) is 13.1 Å². The summed E-state index contributed by atoms with van der Waals surface area (Å²) in [4.78, 5) is 23.5. The highest BCUT2D eigenvalue weighted by Crippen LogP contribution is 2.31. The lowest BCUT2D eigenvalue weighted by atomic mass is 9.84. The van der Waals surface area contributed by atoms with Gasteiger partial charge in [-0.3, -0.25) is 9.59 Å². The topological polar surface area (TPSA) is 58.2 Å². The van der Waals surface area contributed by atoms with Gasteiger partial charge in [0.1, 0.15) is 0 Å². The van der Waals surface area contributed by atoms with Crippen molar-refractivity contribution < 1.29 is 22.8 Å². The van der Waals surface area contributed by atoms with Crippen molar-refractivity contribution in [2.45, 2.75) is 38.3 Å². The molecule has 0 bridgehead atoms. The van der Waals surface area contributed by atoms with Crippen molar-refractivity contribution in [1.82, 2.24) is 10.6 Å². The molecule has 7 heteroatoms. The Hall–Kier alpha value is -2.05. The molecular formula is C17H21F3N2O2. The van der Waals surface area contributed by atoms with Gasteiger partial charge >= 0.3 is 6.18 Å². The number of nitrogens with one attached hydrogen (secondary N) is 2. The van der Waals surface area contributed by atoms with E-state index in [0.29, 0.717) is 18.5 Å². The summed E-state index contributed by atoms with van der Waals surface area (Å²) in [6.45, 7) is 4.47. The zero-order chi connectivity index (χ0) is 18.0. The molecule has 1 heterocycles. The summed E-state index contributed by atoms with van der Waals surface area (Å²) in [6.07, 6.45) is -3.59. The molecular weight excluding hydrogens is 321 g/mol. The standard InChI is InChI=1S/C17H21F3N2O2/c1-16(2,12-3-5-13(6-4-12)17(18,19)20)10-22-15(24)11-7-8-21-14(23)9-11/h3-6,11H,7-10H2,1-2H3,(H,21,23)(H,22,24)/t11-/m0/s1. The van der Waals surface area contributed by atoms with Crippen LogP contribution >= 0.6 is 0 Å². The van der Waals surface area contributed by atoms with Crippen LogP contribution in [-0.2, 0) is 21.2 Å². The third-order valence-corrected chi connectivity index (χ3v) is 4.32. The second-order valence-corrected chi connectivity index (χ2v) is 6.72. The molecule has 2 N–H and O–H groups in total. The average Bonchev–Trinajstić information content (AvgIpc) is 2.52. The maximum absolute atomic E-state index is 12.6. The van der Waals surface area contributed by atoms with Crippen LogP contribution in [0.5, 0.6) is 0 Å². The number of amides is 2. The van der Waals surface area contributed by atoms with Crippen LogP contribution in [0, 0.1) is 5.92 Å². The average molecular weight is 342 g/mol. The second kappa shape index (κ2) is 6.83. The number of halogens is 3. The van der Waals surface area contributed by atoms with E-state index in [1.165, 1.54) is 12.1 Å². The first-order valence-corrected chi connectivity index (χ1v) is 7.82. The predicted molar refractivity (Wildman–Crippen MR) is 83.2 cm³/mol. The summed E-state index contributed by atoms with van der Waals surface area (Å²) in [5.74, 6) is -0.671. The van der Waals surface area contributed by atoms with Crippen LogP contribution in [0.15, 0.2) is 24.3 Å². The smallest absolute Gasteiger partial charge is 0.356 e. The van der Waals surface area contributed by atoms with Gasteiger partial charge in [0, 0.05) is 30.8 Å². The van der Waals surface area contributed by atoms with Gasteiger partial charge in [0.15, 0.2) is 0 Å². The fraction of sp³-hybridized carbons (Fsp3) is 0.529. The van der Waals surface area contributed by atoms with E-state index >= 15 is 0 Å². The van der Waals surface area contributed by atoms with E-state index in [9.17, 15) is 22.8 Å². The Morgan fingerprint density at radius 2 is 1.79 bits per heavy atom. The van der Waals surface area contributed by atoms with E-state index in [-0.39, 0.29) is 30.7 Å². The summed E-state index contributed by atoms with van der Waals surface area (Å²) in [7, 11) is 0. The monoisotopic (exact) mass is 342 g/mol. The van der Waals surface area contributed by atoms with Crippen molar-refractivity contribution in [3.63, 3.8) is 0 Å². The van der Waals surface area contributed by atoms with E-state index in [1.54, 1.807) is 0 Å². The van der Waals surface area contributed by atoms with E-state index in [0.717, 1.165) is 12.1 Å². The number of hydrogen-bond acceptors (Lipinski definition) is 2. The first kappa shape index (κ1) is 18.3. The molecule has 1 fully saturated rings. The molecule has 1 aromatic carbocycles. The Morgan fingerprint density at radius 3 is 2.33 bits per heavy atom. The first-order valence-electron chi connectivity index (χ1n) is 7.82. The predicted octanol–water partition coefficient (Wildman–Crippen LogP) is 2.63. The summed E-state index contributed by atoms with van der Waals surface area (Å²) in [5.41, 5.74) is -0.507. The van der Waals surface area contributed by atoms with Crippen LogP contribution in [0.3, 0.4) is 0 Å². The van der Waals surface area contributed by atoms with Gasteiger partial charge in [0.25, 0.3) is 0 Å². The lowest BCUT2D eigenvalue weighted by molar-refractivity contribution is -0.137. The van der Waals surface area contributed by atoms with Crippen LogP contribution in [0.4, 0.5) is 13.2 Å². The highest BCUT2D eigenvalue weighted by molar-refractivity contribution is 5.86. The van der Waals surface area contributed by atoms with Gasteiger partial charge in [-0.25, -0.2) is 0 Å². The number of alkyl halides is 3. The number of hydrogen-bond donors (Lipinski definition) is 2. The van der Waals surface area contributed by atoms with Crippen LogP contribution in [0.25, 0.3) is 0 Å². The molecule has 1 aliphatic heterocycles. The van der Waals surface area contributed by atoms with Crippen molar-refractivity contribution in [3.8, 4) is 0 Å². The van der Waals surface area contributed by atoms with E-state index < -0.39 is 17.2 Å². The van der Waals surface area contributed by atoms with Gasteiger partial charge in [-0.1, -0.05) is 26.0 Å². The van der Waals surface area contributed by atoms with E-state index in [4.69, 9.17) is 0 Å². The molecule has 0 aliphatic carbocycles. The molecule has 0 unspecified atom stereocenters. The normalized spacial score (nSPS) is 18.9. The molecule has 24 heavy (non-hydrogen) atoms. The Bertz CT molecular complexity index is 609. The van der Waals surface area contributed by atoms with Crippen LogP contribution < -0.4 is 10.6 Å². The zero-order valence-corrected chi connectivity index (χ0v) is 13.7. The zero-order valence-electron chi connectivity index (χ0n) is 13.7. The van der Waals surface area contributed by atoms with Gasteiger partial charge in [0.2, 0.25) is 11.8 Å². The van der Waals surface area contributed by atoms with Crippen LogP contribution in [0.2, 0.25) is 0 Å². The quantitative estimate of drug-likeness (QED) is 0.884. The van der Waals surface area contributed by atoms with Crippen LogP contribution in [0.1, 0.15) is 37.8 Å². The molecule has 1 saturated heterocycles. The number of benzene rings is 1. The summed E-state index contributed by atoms with van der Waals surface area (Å²) in [6, 6.07) is 4.96. The summed E-state index contributed by atoms with van der Waals surface area (Å²) < 4.78 is 37.9. The molecule has 4 nitrogen and oxygen atoms in total. The molecule has 0 saturated carbocycles. The Balaban J connectivity index is 1.97. The van der Waals surface area contributed by atoms with Gasteiger partial charge in [-0.05, 0) is 24.1 Å². The Morgan fingerprint density at radius 1 is 1.21 bits per heavy atom. The highest BCUT2D eigenvalue weighted by atomic mass is 19.4. The second-order valence-electron chi connectivity index (χ2n) is 6.72. The molecule has 2 rings (SSSR count). The number of piperidine rings is 1. The number of carbonyl (C=O) groups is 2. The SMILES string of the molecule is CC(C)(CNC(=O)[C@H]1CCNC(=O)C1)c1ccc(C(F)(F)F)cc1. The van der Waals surface area contributed by atoms with Crippen molar-refractivity contribution >= 4 is 11.8 Å². The Kier molecular flexibility index (Phi) is 5.20. The maximum atomic E-state index is 12.6. The molecule has 0 aromatic heterocycles. The number of carbonyl (C=O) groups excluding carboxylic acids is 2. The molecule has 0 spiro atoms. The highest BCUT2D eigenvalue weighted by Gasteiger charge is 2.31. The minimum atomic E-state index is -4.36. The molecule has 132 valence electrons. The minimum absolute atomic E-state index is 0.136. The van der Waals surface area contributed by atoms with E-state index in [2.05, 4.69) is 10.6 Å². The largest absolute Gasteiger partial charge is 0.416 e. The third kappa shape index (κ3) is 4.49. The summed E-state index contributed by atoms with van der Waals surface area (Å²) in [5, 5.41) is 5.49. The molecule has 1 atom stereocenters. The molecule has 2 amide bonds. The number of rotatable bonds is 4. The third-order valence-electron chi connectivity index (χ3n) is 4.32. The fourth-order valence-corrected chi connectivity index (χ4v) is 2.67. The van der Waals surface area contributed by atoms with Crippen molar-refractivity contribution in [1.29, 1.82) is 0 Å². The molecule has 0 radical (unpaired) electrons.